The number of nitrogens with zero attached hydrogens (tertiary/aromatic N) is 1. The van der Waals surface area contributed by atoms with Crippen LogP contribution in [-0.2, 0) is 20.7 Å². The maximum absolute atomic E-state index is 12.0. The monoisotopic (exact) mass is 337 g/mol. The van der Waals surface area contributed by atoms with E-state index in [1.807, 2.05) is 6.07 Å². The van der Waals surface area contributed by atoms with Crippen LogP contribution >= 0.6 is 0 Å². The van der Waals surface area contributed by atoms with E-state index >= 15 is 0 Å². The van der Waals surface area contributed by atoms with Crippen molar-refractivity contribution in [2.75, 3.05) is 6.54 Å². The molecule has 1 aliphatic heterocycles. The fourth-order valence-electron chi connectivity index (χ4n) is 2.83. The molecule has 1 fully saturated rings. The molecule has 1 heterocycles. The van der Waals surface area contributed by atoms with Crippen LogP contribution in [0.1, 0.15) is 32.8 Å². The summed E-state index contributed by atoms with van der Waals surface area (Å²) in [5.41, 5.74) is -1.77. The van der Waals surface area contributed by atoms with E-state index in [1.54, 1.807) is 45.0 Å². The third-order valence-electron chi connectivity index (χ3n) is 3.91. The molecule has 1 saturated heterocycles. The van der Waals surface area contributed by atoms with Gasteiger partial charge >= 0.3 is 12.1 Å². The lowest BCUT2D eigenvalue weighted by molar-refractivity contribution is -0.197. The first-order chi connectivity index (χ1) is 11.1. The number of carboxylic acid groups (broad SMARTS) is 1. The third kappa shape index (κ3) is 3.85. The number of hydroxylamine groups is 2. The van der Waals surface area contributed by atoms with Gasteiger partial charge in [0.05, 0.1) is 0 Å². The van der Waals surface area contributed by atoms with E-state index in [-0.39, 0.29) is 19.4 Å². The number of aliphatic carboxylic acids is 1. The Bertz CT molecular complexity index is 597. The zero-order valence-corrected chi connectivity index (χ0v) is 14.1. The Labute approximate surface area is 140 Å². The Balaban J connectivity index is 2.25. The number of carboxylic acids is 1. The van der Waals surface area contributed by atoms with Crippen molar-refractivity contribution < 1.29 is 29.4 Å². The average Bonchev–Trinajstić information content (AvgIpc) is 2.76. The summed E-state index contributed by atoms with van der Waals surface area (Å²) in [6, 6.07) is 8.91. The van der Waals surface area contributed by atoms with E-state index in [2.05, 4.69) is 0 Å². The second-order valence-corrected chi connectivity index (χ2v) is 6.87. The van der Waals surface area contributed by atoms with Crippen LogP contribution in [0.3, 0.4) is 0 Å². The predicted molar refractivity (Wildman–Crippen MR) is 84.7 cm³/mol. The second-order valence-electron chi connectivity index (χ2n) is 6.87. The highest BCUT2D eigenvalue weighted by Crippen LogP contribution is 2.35. The number of hydrogen-bond donors (Lipinski definition) is 2. The molecular formula is C17H23NO6. The van der Waals surface area contributed by atoms with Gasteiger partial charge in [-0.2, -0.15) is 5.06 Å². The van der Waals surface area contributed by atoms with Gasteiger partial charge in [-0.1, -0.05) is 30.3 Å². The molecule has 24 heavy (non-hydrogen) atoms. The van der Waals surface area contributed by atoms with Gasteiger partial charge in [0, 0.05) is 19.4 Å². The van der Waals surface area contributed by atoms with E-state index in [4.69, 9.17) is 9.47 Å². The van der Waals surface area contributed by atoms with Crippen molar-refractivity contribution in [2.24, 2.45) is 0 Å². The summed E-state index contributed by atoms with van der Waals surface area (Å²) in [5, 5.41) is 20.7. The molecule has 0 radical (unpaired) electrons. The number of carbonyl (C=O) groups excluding carboxylic acids is 1. The SMILES string of the molecule is CC(C)(C)OC(=O)OC1CCN(O)[C@]1(Cc1ccccc1)C(=O)O. The number of rotatable bonds is 4. The Hall–Kier alpha value is -2.12. The molecule has 0 saturated carbocycles. The summed E-state index contributed by atoms with van der Waals surface area (Å²) in [4.78, 5) is 23.9. The number of benzene rings is 1. The molecule has 132 valence electrons. The van der Waals surface area contributed by atoms with Gasteiger partial charge in [0.25, 0.3) is 0 Å². The third-order valence-corrected chi connectivity index (χ3v) is 3.91. The van der Waals surface area contributed by atoms with Crippen LogP contribution in [0.15, 0.2) is 30.3 Å². The fraction of sp³-hybridized carbons (Fsp3) is 0.529. The number of hydrogen-bond acceptors (Lipinski definition) is 6. The van der Waals surface area contributed by atoms with Crippen molar-refractivity contribution in [2.45, 2.75) is 50.9 Å². The van der Waals surface area contributed by atoms with Gasteiger partial charge in [-0.05, 0) is 26.3 Å². The molecule has 0 aliphatic carbocycles. The van der Waals surface area contributed by atoms with Gasteiger partial charge < -0.3 is 19.8 Å². The summed E-state index contributed by atoms with van der Waals surface area (Å²) in [5.74, 6) is -1.25. The van der Waals surface area contributed by atoms with Crippen LogP contribution < -0.4 is 0 Å². The molecule has 7 nitrogen and oxygen atoms in total. The topological polar surface area (TPSA) is 96.3 Å². The first-order valence-corrected chi connectivity index (χ1v) is 7.78. The quantitative estimate of drug-likeness (QED) is 0.815. The molecule has 0 spiro atoms. The number of ether oxygens (including phenoxy) is 2. The van der Waals surface area contributed by atoms with Crippen molar-refractivity contribution in [1.29, 1.82) is 0 Å². The van der Waals surface area contributed by atoms with Gasteiger partial charge in [-0.25, -0.2) is 9.59 Å². The van der Waals surface area contributed by atoms with E-state index in [0.717, 1.165) is 10.6 Å². The van der Waals surface area contributed by atoms with Crippen molar-refractivity contribution >= 4 is 12.1 Å². The molecule has 1 aromatic carbocycles. The molecule has 2 rings (SSSR count). The smallest absolute Gasteiger partial charge is 0.480 e. The lowest BCUT2D eigenvalue weighted by Gasteiger charge is -2.34. The van der Waals surface area contributed by atoms with E-state index in [1.165, 1.54) is 0 Å². The van der Waals surface area contributed by atoms with Gasteiger partial charge in [0.1, 0.15) is 11.7 Å². The summed E-state index contributed by atoms with van der Waals surface area (Å²) >= 11 is 0. The van der Waals surface area contributed by atoms with E-state index in [0.29, 0.717) is 0 Å². The molecule has 1 unspecified atom stereocenters. The van der Waals surface area contributed by atoms with Gasteiger partial charge in [0.15, 0.2) is 5.54 Å². The minimum Gasteiger partial charge on any atom is -0.480 e. The Kier molecular flexibility index (Phi) is 5.15. The molecule has 0 aromatic heterocycles. The predicted octanol–water partition coefficient (Wildman–Crippen LogP) is 2.47. The minimum absolute atomic E-state index is 0.00708. The summed E-state index contributed by atoms with van der Waals surface area (Å²) in [6.45, 7) is 5.16. The van der Waals surface area contributed by atoms with Gasteiger partial charge in [-0.15, -0.1) is 0 Å². The highest BCUT2D eigenvalue weighted by atomic mass is 16.7. The molecule has 2 N–H and O–H groups in total. The maximum atomic E-state index is 12.0. The molecule has 2 atom stereocenters. The van der Waals surface area contributed by atoms with Crippen LogP contribution in [0.5, 0.6) is 0 Å². The summed E-state index contributed by atoms with van der Waals surface area (Å²) in [7, 11) is 0. The zero-order valence-electron chi connectivity index (χ0n) is 14.1. The maximum Gasteiger partial charge on any atom is 0.509 e. The Morgan fingerprint density at radius 3 is 2.46 bits per heavy atom. The minimum atomic E-state index is -1.74. The van der Waals surface area contributed by atoms with Crippen molar-refractivity contribution in [3.8, 4) is 0 Å². The average molecular weight is 337 g/mol. The normalized spacial score (nSPS) is 24.6. The Morgan fingerprint density at radius 1 is 1.29 bits per heavy atom. The first kappa shape index (κ1) is 18.2. The summed E-state index contributed by atoms with van der Waals surface area (Å²) in [6.07, 6.45) is -1.75. The Morgan fingerprint density at radius 2 is 1.92 bits per heavy atom. The van der Waals surface area contributed by atoms with Crippen LogP contribution in [0.2, 0.25) is 0 Å². The van der Waals surface area contributed by atoms with Crippen LogP contribution in [0.25, 0.3) is 0 Å². The number of carbonyl (C=O) groups is 2. The van der Waals surface area contributed by atoms with Crippen LogP contribution in [0, 0.1) is 0 Å². The van der Waals surface area contributed by atoms with Gasteiger partial charge in [0.2, 0.25) is 0 Å². The first-order valence-electron chi connectivity index (χ1n) is 7.78. The standard InChI is InChI=1S/C17H23NO6/c1-16(2,3)24-15(21)23-13-9-10-18(22)17(13,14(19)20)11-12-7-5-4-6-8-12/h4-8,13,22H,9-11H2,1-3H3,(H,19,20)/t13?,17-/m0/s1. The van der Waals surface area contributed by atoms with E-state index in [9.17, 15) is 19.9 Å². The lowest BCUT2D eigenvalue weighted by atomic mass is 9.86. The van der Waals surface area contributed by atoms with Crippen molar-refractivity contribution in [3.63, 3.8) is 0 Å². The fourth-order valence-corrected chi connectivity index (χ4v) is 2.83. The summed E-state index contributed by atoms with van der Waals surface area (Å²) < 4.78 is 10.4. The zero-order chi connectivity index (χ0) is 18.0. The van der Waals surface area contributed by atoms with E-state index < -0.39 is 29.4 Å². The van der Waals surface area contributed by atoms with Crippen molar-refractivity contribution in [3.05, 3.63) is 35.9 Å². The van der Waals surface area contributed by atoms with Crippen LogP contribution in [0.4, 0.5) is 4.79 Å². The molecule has 1 aromatic rings. The largest absolute Gasteiger partial charge is 0.509 e. The lowest BCUT2D eigenvalue weighted by Crippen LogP contribution is -2.58. The molecule has 7 heteroatoms. The van der Waals surface area contributed by atoms with Crippen LogP contribution in [-0.4, -0.2) is 51.3 Å². The molecule has 0 bridgehead atoms. The molecule has 0 amide bonds. The van der Waals surface area contributed by atoms with Crippen molar-refractivity contribution in [1.82, 2.24) is 5.06 Å². The van der Waals surface area contributed by atoms with Gasteiger partial charge in [-0.3, -0.25) is 0 Å². The highest BCUT2D eigenvalue weighted by Gasteiger charge is 2.57. The highest BCUT2D eigenvalue weighted by molar-refractivity contribution is 5.81. The second kappa shape index (κ2) is 6.78. The molecular weight excluding hydrogens is 314 g/mol. The molecule has 1 aliphatic rings.